The number of ether oxygens (including phenoxy) is 1. The number of carbonyl (C=O) groups excluding carboxylic acids is 1. The van der Waals surface area contributed by atoms with Gasteiger partial charge in [-0.25, -0.2) is 0 Å². The van der Waals surface area contributed by atoms with Crippen LogP contribution in [0.1, 0.15) is 53.4 Å². The quantitative estimate of drug-likeness (QED) is 0.581. The Hall–Kier alpha value is -0.750. The Bertz CT molecular complexity index is 526. The summed E-state index contributed by atoms with van der Waals surface area (Å²) in [6, 6.07) is 0. The largest absolute Gasteiger partial charge is 0.386 e. The van der Waals surface area contributed by atoms with Crippen LogP contribution in [0.2, 0.25) is 0 Å². The molecule has 1 fully saturated rings. The number of carbonyl (C=O) groups is 1. The zero-order valence-electron chi connectivity index (χ0n) is 15.6. The molecule has 1 rings (SSSR count). The maximum atomic E-state index is 11.4. The maximum Gasteiger partial charge on any atom is 0.173 e. The van der Waals surface area contributed by atoms with E-state index in [4.69, 9.17) is 4.74 Å². The fourth-order valence-corrected chi connectivity index (χ4v) is 3.42. The Labute approximate surface area is 159 Å². The average Bonchev–Trinajstić information content (AvgIpc) is 2.48. The Kier molecular flexibility index (Phi) is 9.28. The summed E-state index contributed by atoms with van der Waals surface area (Å²) in [6.45, 7) is 7.50. The molecule has 1 aliphatic rings. The van der Waals surface area contributed by atoms with Crippen LogP contribution in [-0.4, -0.2) is 34.0 Å². The van der Waals surface area contributed by atoms with Gasteiger partial charge in [0.1, 0.15) is 5.78 Å². The summed E-state index contributed by atoms with van der Waals surface area (Å²) in [4.78, 5) is 13.2. The lowest BCUT2D eigenvalue weighted by molar-refractivity contribution is -0.274. The molecular weight excluding hydrogens is 384 g/mol. The molecule has 0 radical (unpaired) electrons. The predicted octanol–water partition coefficient (Wildman–Crippen LogP) is 4.27. The molecule has 142 valence electrons. The van der Waals surface area contributed by atoms with Crippen molar-refractivity contribution in [2.45, 2.75) is 71.4 Å². The van der Waals surface area contributed by atoms with Crippen molar-refractivity contribution in [3.05, 3.63) is 34.9 Å². The molecular formula is C20H31BrO4. The van der Waals surface area contributed by atoms with E-state index in [0.717, 1.165) is 12.0 Å². The van der Waals surface area contributed by atoms with Gasteiger partial charge in [-0.15, -0.1) is 0 Å². The predicted molar refractivity (Wildman–Crippen MR) is 104 cm³/mol. The van der Waals surface area contributed by atoms with E-state index in [1.54, 1.807) is 6.08 Å². The highest BCUT2D eigenvalue weighted by atomic mass is 79.9. The van der Waals surface area contributed by atoms with Crippen LogP contribution in [0.4, 0.5) is 0 Å². The van der Waals surface area contributed by atoms with Crippen LogP contribution in [0, 0.1) is 11.8 Å². The number of Topliss-reactive ketones (excluding diaryl/α,β-unsaturated/α-hetero) is 1. The Morgan fingerprint density at radius 2 is 2.12 bits per heavy atom. The van der Waals surface area contributed by atoms with E-state index in [-0.39, 0.29) is 18.1 Å². The molecule has 25 heavy (non-hydrogen) atoms. The number of allylic oxidation sites excluding steroid dienone is 4. The molecule has 1 heterocycles. The molecule has 0 amide bonds. The molecule has 0 bridgehead atoms. The van der Waals surface area contributed by atoms with E-state index in [2.05, 4.69) is 35.0 Å². The Balaban J connectivity index is 2.72. The van der Waals surface area contributed by atoms with E-state index in [9.17, 15) is 15.0 Å². The SMILES string of the molecule is CC(=O)C[C@]1(O)C[C@H](C)C[C@H]([C@H](O)/C=C(C)/C=C/C(C)C/C=C/Br)O1. The van der Waals surface area contributed by atoms with Gasteiger partial charge in [-0.05, 0) is 43.5 Å². The highest BCUT2D eigenvalue weighted by Crippen LogP contribution is 2.35. The standard InChI is InChI=1S/C20H31BrO4/c1-14(6-5-9-21)7-8-15(2)10-18(23)19-11-16(3)12-20(24,25-19)13-17(4)22/h5,7-10,14,16,18-19,23-24H,6,11-13H2,1-4H3/b8-7+,9-5+,15-10+/t14?,16-,18-,19-,20+/m1/s1. The molecule has 2 N–H and O–H groups in total. The second kappa shape index (κ2) is 10.4. The van der Waals surface area contributed by atoms with E-state index in [0.29, 0.717) is 18.8 Å². The van der Waals surface area contributed by atoms with Crippen LogP contribution in [0.3, 0.4) is 0 Å². The fraction of sp³-hybridized carbons (Fsp3) is 0.650. The second-order valence-corrected chi connectivity index (χ2v) is 7.89. The van der Waals surface area contributed by atoms with Gasteiger partial charge in [-0.3, -0.25) is 4.79 Å². The van der Waals surface area contributed by atoms with E-state index >= 15 is 0 Å². The van der Waals surface area contributed by atoms with Gasteiger partial charge in [0.25, 0.3) is 0 Å². The zero-order chi connectivity index (χ0) is 19.0. The van der Waals surface area contributed by atoms with Gasteiger partial charge in [-0.1, -0.05) is 59.7 Å². The molecule has 5 atom stereocenters. The van der Waals surface area contributed by atoms with Crippen molar-refractivity contribution in [1.29, 1.82) is 0 Å². The summed E-state index contributed by atoms with van der Waals surface area (Å²) in [5, 5.41) is 21.0. The number of aliphatic hydroxyl groups excluding tert-OH is 1. The number of ketones is 1. The van der Waals surface area contributed by atoms with E-state index < -0.39 is 18.0 Å². The van der Waals surface area contributed by atoms with Gasteiger partial charge in [-0.2, -0.15) is 0 Å². The molecule has 0 aromatic rings. The molecule has 0 saturated carbocycles. The smallest absolute Gasteiger partial charge is 0.173 e. The first-order valence-electron chi connectivity index (χ1n) is 8.84. The lowest BCUT2D eigenvalue weighted by atomic mass is 9.87. The van der Waals surface area contributed by atoms with E-state index in [1.807, 2.05) is 24.9 Å². The summed E-state index contributed by atoms with van der Waals surface area (Å²) in [5.41, 5.74) is 0.944. The average molecular weight is 415 g/mol. The maximum absolute atomic E-state index is 11.4. The molecule has 1 saturated heterocycles. The first-order valence-corrected chi connectivity index (χ1v) is 9.76. The lowest BCUT2D eigenvalue weighted by Gasteiger charge is -2.41. The molecule has 0 aromatic carbocycles. The molecule has 4 nitrogen and oxygen atoms in total. The second-order valence-electron chi connectivity index (χ2n) is 7.36. The summed E-state index contributed by atoms with van der Waals surface area (Å²) < 4.78 is 5.70. The summed E-state index contributed by atoms with van der Waals surface area (Å²) in [5.74, 6) is -1.01. The van der Waals surface area contributed by atoms with Crippen molar-refractivity contribution < 1.29 is 19.7 Å². The monoisotopic (exact) mass is 414 g/mol. The van der Waals surface area contributed by atoms with Crippen molar-refractivity contribution in [2.24, 2.45) is 11.8 Å². The van der Waals surface area contributed by atoms with Crippen molar-refractivity contribution >= 4 is 21.7 Å². The molecule has 1 unspecified atom stereocenters. The van der Waals surface area contributed by atoms with Crippen LogP contribution in [-0.2, 0) is 9.53 Å². The van der Waals surface area contributed by atoms with Crippen LogP contribution < -0.4 is 0 Å². The topological polar surface area (TPSA) is 66.8 Å². The van der Waals surface area contributed by atoms with Crippen molar-refractivity contribution in [1.82, 2.24) is 0 Å². The molecule has 1 aliphatic heterocycles. The van der Waals surface area contributed by atoms with Crippen LogP contribution in [0.25, 0.3) is 0 Å². The third kappa shape index (κ3) is 8.45. The lowest BCUT2D eigenvalue weighted by Crippen LogP contribution is -2.48. The highest BCUT2D eigenvalue weighted by molar-refractivity contribution is 9.11. The first kappa shape index (κ1) is 22.3. The summed E-state index contributed by atoms with van der Waals surface area (Å²) in [6.07, 6.45) is 8.54. The van der Waals surface area contributed by atoms with Gasteiger partial charge >= 0.3 is 0 Å². The highest BCUT2D eigenvalue weighted by Gasteiger charge is 2.41. The number of aliphatic hydroxyl groups is 2. The number of hydrogen-bond acceptors (Lipinski definition) is 4. The van der Waals surface area contributed by atoms with Crippen molar-refractivity contribution in [3.8, 4) is 0 Å². The fourth-order valence-electron chi connectivity index (χ4n) is 3.21. The number of halogens is 1. The summed E-state index contributed by atoms with van der Waals surface area (Å²) in [7, 11) is 0. The van der Waals surface area contributed by atoms with E-state index in [1.165, 1.54) is 6.92 Å². The zero-order valence-corrected chi connectivity index (χ0v) is 17.2. The van der Waals surface area contributed by atoms with Gasteiger partial charge < -0.3 is 14.9 Å². The minimum atomic E-state index is -1.47. The molecule has 0 aromatic heterocycles. The van der Waals surface area contributed by atoms with Gasteiger partial charge in [0, 0.05) is 6.42 Å². The van der Waals surface area contributed by atoms with Gasteiger partial charge in [0.05, 0.1) is 18.6 Å². The normalized spacial score (nSPS) is 30.8. The third-order valence-electron chi connectivity index (χ3n) is 4.30. The van der Waals surface area contributed by atoms with Gasteiger partial charge in [0.15, 0.2) is 5.79 Å². The number of hydrogen-bond donors (Lipinski definition) is 2. The minimum Gasteiger partial charge on any atom is -0.386 e. The Morgan fingerprint density at radius 1 is 1.44 bits per heavy atom. The van der Waals surface area contributed by atoms with Crippen molar-refractivity contribution in [3.63, 3.8) is 0 Å². The van der Waals surface area contributed by atoms with Crippen LogP contribution in [0.5, 0.6) is 0 Å². The molecule has 0 aliphatic carbocycles. The summed E-state index contributed by atoms with van der Waals surface area (Å²) >= 11 is 3.26. The van der Waals surface area contributed by atoms with Crippen molar-refractivity contribution in [2.75, 3.05) is 0 Å². The number of rotatable bonds is 8. The Morgan fingerprint density at radius 3 is 2.72 bits per heavy atom. The molecule has 5 heteroatoms. The molecule has 0 spiro atoms. The third-order valence-corrected chi connectivity index (χ3v) is 4.67. The first-order chi connectivity index (χ1) is 11.6. The van der Waals surface area contributed by atoms with Gasteiger partial charge in [0.2, 0.25) is 0 Å². The van der Waals surface area contributed by atoms with Crippen LogP contribution in [0.15, 0.2) is 34.9 Å². The van der Waals surface area contributed by atoms with Crippen LogP contribution >= 0.6 is 15.9 Å². The minimum absolute atomic E-state index is 0.0399.